The summed E-state index contributed by atoms with van der Waals surface area (Å²) in [6.45, 7) is 0.741. The van der Waals surface area contributed by atoms with Gasteiger partial charge < -0.3 is 19.3 Å². The summed E-state index contributed by atoms with van der Waals surface area (Å²) in [6, 6.07) is 24.7. The number of pyridine rings is 1. The third kappa shape index (κ3) is 4.58. The van der Waals surface area contributed by atoms with Crippen molar-refractivity contribution >= 4 is 16.9 Å². The second-order valence-electron chi connectivity index (χ2n) is 8.39. The van der Waals surface area contributed by atoms with Crippen LogP contribution in [0.4, 0.5) is 0 Å². The topological polar surface area (TPSA) is 77.9 Å². The Kier molecular flexibility index (Phi) is 6.14. The largest absolute Gasteiger partial charge is 0.493 e. The number of fused-ring (bicyclic) bond motifs is 2. The Balaban J connectivity index is 1.27. The van der Waals surface area contributed by atoms with Gasteiger partial charge in [0.2, 0.25) is 0 Å². The average molecular weight is 456 g/mol. The van der Waals surface area contributed by atoms with Gasteiger partial charge in [-0.05, 0) is 54.4 Å². The van der Waals surface area contributed by atoms with Gasteiger partial charge in [-0.25, -0.2) is 9.78 Å². The van der Waals surface area contributed by atoms with Crippen LogP contribution in [-0.2, 0) is 17.8 Å². The summed E-state index contributed by atoms with van der Waals surface area (Å²) >= 11 is 0. The fourth-order valence-electron chi connectivity index (χ4n) is 4.23. The Bertz CT molecular complexity index is 1320. The van der Waals surface area contributed by atoms with Crippen LogP contribution < -0.4 is 9.47 Å². The second kappa shape index (κ2) is 9.53. The van der Waals surface area contributed by atoms with Gasteiger partial charge in [0, 0.05) is 16.9 Å². The monoisotopic (exact) mass is 455 g/mol. The molecule has 2 heterocycles. The average Bonchev–Trinajstić information content (AvgIpc) is 2.89. The number of esters is 1. The number of nitrogens with zero attached hydrogens (tertiary/aromatic N) is 1. The van der Waals surface area contributed by atoms with Crippen LogP contribution in [0.1, 0.15) is 33.3 Å². The Labute approximate surface area is 197 Å². The molecule has 5 rings (SSSR count). The Morgan fingerprint density at radius 2 is 1.88 bits per heavy atom. The number of benzene rings is 3. The number of hydrogen-bond donors (Lipinski definition) is 1. The zero-order chi connectivity index (χ0) is 23.5. The zero-order valence-electron chi connectivity index (χ0n) is 18.8. The van der Waals surface area contributed by atoms with Crippen molar-refractivity contribution in [3.05, 3.63) is 101 Å². The predicted molar refractivity (Wildman–Crippen MR) is 128 cm³/mol. The number of para-hydroxylation sites is 1. The van der Waals surface area contributed by atoms with Crippen molar-refractivity contribution in [1.29, 1.82) is 0 Å². The number of ether oxygens (including phenoxy) is 3. The highest BCUT2D eigenvalue weighted by Crippen LogP contribution is 2.39. The summed E-state index contributed by atoms with van der Waals surface area (Å²) in [4.78, 5) is 16.3. The maximum absolute atomic E-state index is 11.6. The predicted octanol–water partition coefficient (Wildman–Crippen LogP) is 4.89. The molecule has 2 atom stereocenters. The van der Waals surface area contributed by atoms with E-state index < -0.39 is 6.10 Å². The van der Waals surface area contributed by atoms with Gasteiger partial charge in [-0.15, -0.1) is 0 Å². The van der Waals surface area contributed by atoms with Crippen LogP contribution in [0.25, 0.3) is 10.9 Å². The molecule has 1 N–H and O–H groups in total. The first kappa shape index (κ1) is 21.9. The second-order valence-corrected chi connectivity index (χ2v) is 8.39. The van der Waals surface area contributed by atoms with Crippen molar-refractivity contribution < 1.29 is 24.1 Å². The highest BCUT2D eigenvalue weighted by atomic mass is 16.5. The minimum atomic E-state index is -0.689. The van der Waals surface area contributed by atoms with E-state index in [-0.39, 0.29) is 11.9 Å². The number of hydrogen-bond acceptors (Lipinski definition) is 6. The van der Waals surface area contributed by atoms with Crippen molar-refractivity contribution in [2.45, 2.75) is 19.1 Å². The molecule has 0 unspecified atom stereocenters. The Morgan fingerprint density at radius 3 is 2.71 bits per heavy atom. The first-order valence-corrected chi connectivity index (χ1v) is 11.2. The molecule has 0 amide bonds. The molecular formula is C28H25NO5. The molecule has 0 bridgehead atoms. The number of rotatable bonds is 6. The van der Waals surface area contributed by atoms with E-state index >= 15 is 0 Å². The first-order chi connectivity index (χ1) is 16.6. The van der Waals surface area contributed by atoms with Crippen LogP contribution in [0.3, 0.4) is 0 Å². The minimum Gasteiger partial charge on any atom is -0.493 e. The standard InChI is InChI=1S/C28H25NO5/c1-32-28(31)20-8-6-18(7-9-20)14-21-16-34-26-13-12-23(15-24(26)27(21)30)33-17-22-11-10-19-4-2-3-5-25(19)29-22/h2-13,15,21,27,30H,14,16-17H2,1H3/t21-,27+/m0/s1. The van der Waals surface area contributed by atoms with Crippen molar-refractivity contribution in [3.8, 4) is 11.5 Å². The van der Waals surface area contributed by atoms with Crippen molar-refractivity contribution in [3.63, 3.8) is 0 Å². The molecule has 1 aromatic heterocycles. The van der Waals surface area contributed by atoms with E-state index in [0.29, 0.717) is 42.3 Å². The molecule has 34 heavy (non-hydrogen) atoms. The van der Waals surface area contributed by atoms with E-state index in [0.717, 1.165) is 22.2 Å². The molecule has 0 spiro atoms. The fraction of sp³-hybridized carbons (Fsp3) is 0.214. The van der Waals surface area contributed by atoms with Crippen LogP contribution in [0, 0.1) is 5.92 Å². The van der Waals surface area contributed by atoms with Crippen molar-refractivity contribution in [2.75, 3.05) is 13.7 Å². The van der Waals surface area contributed by atoms with E-state index in [2.05, 4.69) is 4.98 Å². The summed E-state index contributed by atoms with van der Waals surface area (Å²) in [7, 11) is 1.36. The van der Waals surface area contributed by atoms with Crippen molar-refractivity contribution in [1.82, 2.24) is 4.98 Å². The number of carbonyl (C=O) groups is 1. The lowest BCUT2D eigenvalue weighted by Crippen LogP contribution is -2.27. The van der Waals surface area contributed by atoms with Crippen LogP contribution >= 0.6 is 0 Å². The van der Waals surface area contributed by atoms with E-state index in [4.69, 9.17) is 14.2 Å². The van der Waals surface area contributed by atoms with Crippen LogP contribution in [0.5, 0.6) is 11.5 Å². The normalized spacial score (nSPS) is 17.0. The number of aromatic nitrogens is 1. The number of carbonyl (C=O) groups excluding carboxylic acids is 1. The van der Waals surface area contributed by atoms with Gasteiger partial charge in [-0.2, -0.15) is 0 Å². The Hall–Kier alpha value is -3.90. The lowest BCUT2D eigenvalue weighted by molar-refractivity contribution is 0.0503. The lowest BCUT2D eigenvalue weighted by atomic mass is 9.88. The molecule has 0 aliphatic carbocycles. The molecule has 3 aromatic carbocycles. The molecule has 172 valence electrons. The van der Waals surface area contributed by atoms with Gasteiger partial charge >= 0.3 is 5.97 Å². The number of aliphatic hydroxyl groups excluding tert-OH is 1. The maximum atomic E-state index is 11.6. The van der Waals surface area contributed by atoms with Gasteiger partial charge in [0.05, 0.1) is 36.6 Å². The van der Waals surface area contributed by atoms with Crippen LogP contribution in [0.2, 0.25) is 0 Å². The molecule has 0 saturated carbocycles. The Morgan fingerprint density at radius 1 is 1.06 bits per heavy atom. The van der Waals surface area contributed by atoms with Crippen molar-refractivity contribution in [2.24, 2.45) is 5.92 Å². The molecule has 1 aliphatic heterocycles. The third-order valence-electron chi connectivity index (χ3n) is 6.12. The van der Waals surface area contributed by atoms with Gasteiger partial charge in [-0.1, -0.05) is 36.4 Å². The molecule has 4 aromatic rings. The molecule has 0 saturated heterocycles. The molecule has 0 radical (unpaired) electrons. The summed E-state index contributed by atoms with van der Waals surface area (Å²) in [5.41, 5.74) is 3.99. The summed E-state index contributed by atoms with van der Waals surface area (Å²) < 4.78 is 16.6. The zero-order valence-corrected chi connectivity index (χ0v) is 18.8. The third-order valence-corrected chi connectivity index (χ3v) is 6.12. The molecular weight excluding hydrogens is 430 g/mol. The van der Waals surface area contributed by atoms with Gasteiger partial charge in [0.25, 0.3) is 0 Å². The van der Waals surface area contributed by atoms with E-state index in [1.807, 2.05) is 66.7 Å². The fourth-order valence-corrected chi connectivity index (χ4v) is 4.23. The minimum absolute atomic E-state index is 0.117. The summed E-state index contributed by atoms with van der Waals surface area (Å²) in [5.74, 6) is 0.835. The highest BCUT2D eigenvalue weighted by molar-refractivity contribution is 5.89. The molecule has 1 aliphatic rings. The van der Waals surface area contributed by atoms with Crippen LogP contribution in [0.15, 0.2) is 78.9 Å². The maximum Gasteiger partial charge on any atom is 0.337 e. The molecule has 6 nitrogen and oxygen atoms in total. The first-order valence-electron chi connectivity index (χ1n) is 11.2. The van der Waals surface area contributed by atoms with Gasteiger partial charge in [0.15, 0.2) is 0 Å². The lowest BCUT2D eigenvalue weighted by Gasteiger charge is -2.30. The smallest absolute Gasteiger partial charge is 0.337 e. The summed E-state index contributed by atoms with van der Waals surface area (Å²) in [5, 5.41) is 12.2. The number of aliphatic hydroxyl groups is 1. The van der Waals surface area contributed by atoms with Gasteiger partial charge in [-0.3, -0.25) is 0 Å². The van der Waals surface area contributed by atoms with Gasteiger partial charge in [0.1, 0.15) is 18.1 Å². The summed E-state index contributed by atoms with van der Waals surface area (Å²) in [6.07, 6.45) is -0.0693. The SMILES string of the molecule is COC(=O)c1ccc(C[C@H]2COc3ccc(OCc4ccc5ccccc5n4)cc3[C@@H]2O)cc1. The quantitative estimate of drug-likeness (QED) is 0.418. The molecule has 6 heteroatoms. The van der Waals surface area contributed by atoms with Crippen LogP contribution in [-0.4, -0.2) is 29.8 Å². The van der Waals surface area contributed by atoms with E-state index in [1.165, 1.54) is 7.11 Å². The van der Waals surface area contributed by atoms with E-state index in [9.17, 15) is 9.90 Å². The highest BCUT2D eigenvalue weighted by Gasteiger charge is 2.30. The van der Waals surface area contributed by atoms with E-state index in [1.54, 1.807) is 12.1 Å². The molecule has 0 fully saturated rings. The number of methoxy groups -OCH3 is 1.